The summed E-state index contributed by atoms with van der Waals surface area (Å²) in [6, 6.07) is 13.5. The Labute approximate surface area is 169 Å². The van der Waals surface area contributed by atoms with Crippen LogP contribution in [0.25, 0.3) is 16.8 Å². The molecule has 0 unspecified atom stereocenters. The molecule has 146 valence electrons. The highest BCUT2D eigenvalue weighted by atomic mass is 35.5. The highest BCUT2D eigenvalue weighted by Crippen LogP contribution is 2.25. The average molecular weight is 417 g/mol. The lowest BCUT2D eigenvalue weighted by molar-refractivity contribution is 0.602. The van der Waals surface area contributed by atoms with Crippen molar-refractivity contribution in [3.05, 3.63) is 75.7 Å². The van der Waals surface area contributed by atoms with Gasteiger partial charge in [-0.2, -0.15) is 9.78 Å². The number of rotatable bonds is 5. The van der Waals surface area contributed by atoms with Crippen LogP contribution in [0.3, 0.4) is 0 Å². The van der Waals surface area contributed by atoms with Crippen molar-refractivity contribution < 1.29 is 8.42 Å². The van der Waals surface area contributed by atoms with E-state index in [1.165, 1.54) is 10.9 Å². The van der Waals surface area contributed by atoms with E-state index in [1.54, 1.807) is 54.7 Å². The SMILES string of the molecule is CC(C)Cc1c(-c2ccc(S(C)(=O)=O)cc2)cnn(-c2cccc(Cl)c2)c1=O. The van der Waals surface area contributed by atoms with Crippen molar-refractivity contribution in [1.82, 2.24) is 9.78 Å². The first kappa shape index (κ1) is 20.3. The largest absolute Gasteiger partial charge is 0.275 e. The van der Waals surface area contributed by atoms with Gasteiger partial charge in [0.1, 0.15) is 0 Å². The maximum atomic E-state index is 13.2. The summed E-state index contributed by atoms with van der Waals surface area (Å²) in [4.78, 5) is 13.4. The molecule has 0 aliphatic heterocycles. The minimum atomic E-state index is -3.28. The van der Waals surface area contributed by atoms with Gasteiger partial charge in [0.05, 0.1) is 16.8 Å². The highest BCUT2D eigenvalue weighted by Gasteiger charge is 2.16. The molecular weight excluding hydrogens is 396 g/mol. The summed E-state index contributed by atoms with van der Waals surface area (Å²) in [7, 11) is -3.28. The van der Waals surface area contributed by atoms with Crippen LogP contribution in [0.2, 0.25) is 5.02 Å². The van der Waals surface area contributed by atoms with Gasteiger partial charge in [-0.15, -0.1) is 0 Å². The van der Waals surface area contributed by atoms with E-state index >= 15 is 0 Å². The number of sulfone groups is 1. The molecule has 0 aliphatic rings. The Kier molecular flexibility index (Phi) is 5.72. The van der Waals surface area contributed by atoms with Gasteiger partial charge in [0, 0.05) is 22.4 Å². The smallest absolute Gasteiger partial charge is 0.267 e. The molecule has 5 nitrogen and oxygen atoms in total. The molecule has 0 N–H and O–H groups in total. The normalized spacial score (nSPS) is 11.8. The van der Waals surface area contributed by atoms with E-state index in [2.05, 4.69) is 5.10 Å². The number of hydrogen-bond acceptors (Lipinski definition) is 4. The molecule has 0 bridgehead atoms. The molecule has 0 spiro atoms. The van der Waals surface area contributed by atoms with Crippen LogP contribution in [0.5, 0.6) is 0 Å². The second-order valence-corrected chi connectivity index (χ2v) is 9.58. The number of hydrogen-bond donors (Lipinski definition) is 0. The van der Waals surface area contributed by atoms with Crippen molar-refractivity contribution >= 4 is 21.4 Å². The maximum Gasteiger partial charge on any atom is 0.275 e. The molecule has 0 atom stereocenters. The molecule has 3 rings (SSSR count). The zero-order valence-electron chi connectivity index (χ0n) is 15.9. The molecular formula is C21H21ClN2O3S. The van der Waals surface area contributed by atoms with Crippen molar-refractivity contribution in [2.24, 2.45) is 5.92 Å². The minimum Gasteiger partial charge on any atom is -0.267 e. The van der Waals surface area contributed by atoms with Crippen LogP contribution in [-0.2, 0) is 16.3 Å². The van der Waals surface area contributed by atoms with Gasteiger partial charge in [-0.1, -0.05) is 43.6 Å². The summed E-state index contributed by atoms with van der Waals surface area (Å²) in [6.07, 6.45) is 3.39. The Morgan fingerprint density at radius 2 is 1.79 bits per heavy atom. The molecule has 0 radical (unpaired) electrons. The van der Waals surface area contributed by atoms with Gasteiger partial charge >= 0.3 is 0 Å². The first-order valence-corrected chi connectivity index (χ1v) is 11.1. The van der Waals surface area contributed by atoms with Crippen LogP contribution in [-0.4, -0.2) is 24.5 Å². The van der Waals surface area contributed by atoms with E-state index in [-0.39, 0.29) is 16.4 Å². The van der Waals surface area contributed by atoms with E-state index in [0.29, 0.717) is 28.3 Å². The third kappa shape index (κ3) is 4.34. The average Bonchev–Trinajstić information content (AvgIpc) is 2.62. The molecule has 0 saturated carbocycles. The lowest BCUT2D eigenvalue weighted by Crippen LogP contribution is -2.26. The van der Waals surface area contributed by atoms with Gasteiger partial charge in [0.15, 0.2) is 9.84 Å². The zero-order chi connectivity index (χ0) is 20.5. The van der Waals surface area contributed by atoms with E-state index < -0.39 is 9.84 Å². The highest BCUT2D eigenvalue weighted by molar-refractivity contribution is 7.90. The molecule has 0 aliphatic carbocycles. The van der Waals surface area contributed by atoms with Crippen LogP contribution < -0.4 is 5.56 Å². The summed E-state index contributed by atoms with van der Waals surface area (Å²) in [5.74, 6) is 0.261. The Morgan fingerprint density at radius 1 is 1.11 bits per heavy atom. The summed E-state index contributed by atoms with van der Waals surface area (Å²) in [6.45, 7) is 4.08. The van der Waals surface area contributed by atoms with Crippen LogP contribution >= 0.6 is 11.6 Å². The second kappa shape index (κ2) is 7.89. The summed E-state index contributed by atoms with van der Waals surface area (Å²) in [5, 5.41) is 4.86. The molecule has 1 aromatic heterocycles. The monoisotopic (exact) mass is 416 g/mol. The Bertz CT molecular complexity index is 1170. The molecule has 7 heteroatoms. The van der Waals surface area contributed by atoms with Gasteiger partial charge in [-0.05, 0) is 48.2 Å². The number of benzene rings is 2. The van der Waals surface area contributed by atoms with Crippen LogP contribution in [0.15, 0.2) is 64.4 Å². The minimum absolute atomic E-state index is 0.208. The van der Waals surface area contributed by atoms with E-state index in [4.69, 9.17) is 11.6 Å². The number of nitrogens with zero attached hydrogens (tertiary/aromatic N) is 2. The molecule has 0 fully saturated rings. The Morgan fingerprint density at radius 3 is 2.36 bits per heavy atom. The summed E-state index contributed by atoms with van der Waals surface area (Å²) >= 11 is 6.06. The molecule has 2 aromatic carbocycles. The number of halogens is 1. The molecule has 3 aromatic rings. The third-order valence-corrected chi connectivity index (χ3v) is 5.70. The fourth-order valence-electron chi connectivity index (χ4n) is 3.02. The van der Waals surface area contributed by atoms with Crippen molar-refractivity contribution in [2.45, 2.75) is 25.2 Å². The molecule has 1 heterocycles. The van der Waals surface area contributed by atoms with Crippen molar-refractivity contribution in [1.29, 1.82) is 0 Å². The van der Waals surface area contributed by atoms with E-state index in [1.807, 2.05) is 13.8 Å². The zero-order valence-corrected chi connectivity index (χ0v) is 17.5. The predicted molar refractivity (Wildman–Crippen MR) is 112 cm³/mol. The number of aromatic nitrogens is 2. The van der Waals surface area contributed by atoms with Gasteiger partial charge in [-0.25, -0.2) is 8.42 Å². The first-order chi connectivity index (χ1) is 13.2. The molecule has 28 heavy (non-hydrogen) atoms. The van der Waals surface area contributed by atoms with Crippen molar-refractivity contribution in [2.75, 3.05) is 6.26 Å². The third-order valence-electron chi connectivity index (χ3n) is 4.34. The van der Waals surface area contributed by atoms with Gasteiger partial charge in [0.25, 0.3) is 5.56 Å². The molecule has 0 saturated heterocycles. The molecule has 0 amide bonds. The standard InChI is InChI=1S/C21H21ClN2O3S/c1-14(2)11-19-20(15-7-9-18(10-8-15)28(3,26)27)13-23-24(21(19)25)17-6-4-5-16(22)12-17/h4-10,12-14H,11H2,1-3H3. The van der Waals surface area contributed by atoms with E-state index in [9.17, 15) is 13.2 Å². The maximum absolute atomic E-state index is 13.2. The fourth-order valence-corrected chi connectivity index (χ4v) is 3.83. The van der Waals surface area contributed by atoms with Crippen LogP contribution in [0, 0.1) is 5.92 Å². The lowest BCUT2D eigenvalue weighted by atomic mass is 9.96. The van der Waals surface area contributed by atoms with Crippen molar-refractivity contribution in [3.63, 3.8) is 0 Å². The fraction of sp³-hybridized carbons (Fsp3) is 0.238. The Balaban J connectivity index is 2.16. The topological polar surface area (TPSA) is 69.0 Å². The van der Waals surface area contributed by atoms with Crippen LogP contribution in [0.4, 0.5) is 0 Å². The van der Waals surface area contributed by atoms with E-state index in [0.717, 1.165) is 5.56 Å². The predicted octanol–water partition coefficient (Wildman–Crippen LogP) is 4.15. The Hall–Kier alpha value is -2.44. The first-order valence-electron chi connectivity index (χ1n) is 8.84. The summed E-state index contributed by atoms with van der Waals surface area (Å²) < 4.78 is 24.7. The van der Waals surface area contributed by atoms with Crippen LogP contribution in [0.1, 0.15) is 19.4 Å². The van der Waals surface area contributed by atoms with Gasteiger partial charge in [0.2, 0.25) is 0 Å². The van der Waals surface area contributed by atoms with Gasteiger partial charge in [-0.3, -0.25) is 4.79 Å². The quantitative estimate of drug-likeness (QED) is 0.626. The van der Waals surface area contributed by atoms with Gasteiger partial charge < -0.3 is 0 Å². The second-order valence-electron chi connectivity index (χ2n) is 7.13. The van der Waals surface area contributed by atoms with Crippen molar-refractivity contribution in [3.8, 4) is 16.8 Å². The lowest BCUT2D eigenvalue weighted by Gasteiger charge is -2.14. The summed E-state index contributed by atoms with van der Waals surface area (Å²) in [5.41, 5.74) is 2.49.